The van der Waals surface area contributed by atoms with Gasteiger partial charge in [-0.3, -0.25) is 9.55 Å². The van der Waals surface area contributed by atoms with Crippen LogP contribution in [0.2, 0.25) is 0 Å². The van der Waals surface area contributed by atoms with Crippen LogP contribution in [-0.2, 0) is 0 Å². The van der Waals surface area contributed by atoms with Gasteiger partial charge in [-0.2, -0.15) is 4.98 Å². The molecule has 0 bridgehead atoms. The number of pyridine rings is 1. The van der Waals surface area contributed by atoms with Crippen molar-refractivity contribution in [2.75, 3.05) is 0 Å². The summed E-state index contributed by atoms with van der Waals surface area (Å²) in [6.07, 6.45) is 3.38. The lowest BCUT2D eigenvalue weighted by Crippen LogP contribution is -1.95. The fraction of sp³-hybridized carbons (Fsp3) is 0. The Morgan fingerprint density at radius 3 is 2.14 bits per heavy atom. The van der Waals surface area contributed by atoms with Crippen molar-refractivity contribution in [3.05, 3.63) is 128 Å². The lowest BCUT2D eigenvalue weighted by molar-refractivity contribution is 0.605. The van der Waals surface area contributed by atoms with Crippen LogP contribution >= 0.6 is 0 Å². The summed E-state index contributed by atoms with van der Waals surface area (Å²) in [5.74, 6) is 0. The van der Waals surface area contributed by atoms with Crippen LogP contribution in [-0.4, -0.2) is 14.5 Å². The van der Waals surface area contributed by atoms with E-state index in [1.807, 2.05) is 24.4 Å². The van der Waals surface area contributed by atoms with Gasteiger partial charge in [0.05, 0.1) is 11.2 Å². The summed E-state index contributed by atoms with van der Waals surface area (Å²) in [5.41, 5.74) is 10.4. The summed E-state index contributed by atoms with van der Waals surface area (Å²) in [6, 6.07) is 40.0. The molecule has 0 unspecified atom stereocenters. The van der Waals surface area contributed by atoms with Crippen molar-refractivity contribution in [3.63, 3.8) is 0 Å². The third kappa shape index (κ3) is 3.39. The topological polar surface area (TPSA) is 43.9 Å². The zero-order valence-corrected chi connectivity index (χ0v) is 19.4. The molecule has 0 spiro atoms. The molecule has 4 heteroatoms. The molecule has 7 rings (SSSR count). The summed E-state index contributed by atoms with van der Waals surface area (Å²) in [5, 5.41) is 1.05. The monoisotopic (exact) mass is 463 g/mol. The first kappa shape index (κ1) is 20.4. The number of fused-ring (bicyclic) bond motifs is 3. The van der Waals surface area contributed by atoms with Crippen molar-refractivity contribution in [3.8, 4) is 39.2 Å². The Hall–Kier alpha value is -4.96. The summed E-state index contributed by atoms with van der Waals surface area (Å²) < 4.78 is 7.85. The van der Waals surface area contributed by atoms with Gasteiger partial charge in [0, 0.05) is 22.8 Å². The Morgan fingerprint density at radius 1 is 0.556 bits per heavy atom. The first-order valence-electron chi connectivity index (χ1n) is 11.9. The number of hydrogen-bond donors (Lipinski definition) is 0. The normalized spacial score (nSPS) is 11.3. The maximum absolute atomic E-state index is 5.71. The quantitative estimate of drug-likeness (QED) is 0.264. The minimum absolute atomic E-state index is 0.801. The van der Waals surface area contributed by atoms with E-state index in [9.17, 15) is 0 Å². The Kier molecular flexibility index (Phi) is 4.74. The highest BCUT2D eigenvalue weighted by Crippen LogP contribution is 2.33. The molecule has 0 amide bonds. The predicted octanol–water partition coefficient (Wildman–Crippen LogP) is 8.17. The van der Waals surface area contributed by atoms with Crippen LogP contribution < -0.4 is 0 Å². The Labute approximate surface area is 208 Å². The molecule has 0 radical (unpaired) electrons. The molecular weight excluding hydrogens is 442 g/mol. The lowest BCUT2D eigenvalue weighted by atomic mass is 9.99. The van der Waals surface area contributed by atoms with Gasteiger partial charge in [-0.15, -0.1) is 0 Å². The van der Waals surface area contributed by atoms with E-state index in [0.29, 0.717) is 0 Å². The zero-order chi connectivity index (χ0) is 23.9. The van der Waals surface area contributed by atoms with Crippen LogP contribution in [0.1, 0.15) is 0 Å². The smallest absolute Gasteiger partial charge is 0.185 e. The molecule has 4 aromatic carbocycles. The molecular formula is C32H21N3O. The van der Waals surface area contributed by atoms with Crippen LogP contribution in [0.4, 0.5) is 0 Å². The second-order valence-electron chi connectivity index (χ2n) is 8.78. The lowest BCUT2D eigenvalue weighted by Gasteiger charge is -2.10. The van der Waals surface area contributed by atoms with Gasteiger partial charge in [-0.05, 0) is 58.7 Å². The number of rotatable bonds is 4. The zero-order valence-electron chi connectivity index (χ0n) is 19.4. The number of hydrogen-bond acceptors (Lipinski definition) is 3. The summed E-state index contributed by atoms with van der Waals surface area (Å²) in [7, 11) is 0. The fourth-order valence-corrected chi connectivity index (χ4v) is 4.88. The minimum atomic E-state index is 0.801. The van der Waals surface area contributed by atoms with Gasteiger partial charge in [-0.1, -0.05) is 78.9 Å². The van der Waals surface area contributed by atoms with Gasteiger partial charge < -0.3 is 4.42 Å². The van der Waals surface area contributed by atoms with E-state index in [-0.39, 0.29) is 0 Å². The molecule has 170 valence electrons. The third-order valence-electron chi connectivity index (χ3n) is 6.64. The van der Waals surface area contributed by atoms with Crippen molar-refractivity contribution in [1.82, 2.24) is 14.5 Å². The van der Waals surface area contributed by atoms with Gasteiger partial charge in [0.2, 0.25) is 0 Å². The Balaban J connectivity index is 1.28. The Bertz CT molecular complexity index is 1830. The van der Waals surface area contributed by atoms with E-state index in [2.05, 4.69) is 107 Å². The molecule has 0 aliphatic rings. The molecule has 4 nitrogen and oxygen atoms in total. The molecule has 3 aromatic heterocycles. The average Bonchev–Trinajstić information content (AvgIpc) is 3.55. The van der Waals surface area contributed by atoms with Gasteiger partial charge in [0.15, 0.2) is 17.6 Å². The van der Waals surface area contributed by atoms with Crippen LogP contribution in [0.3, 0.4) is 0 Å². The number of oxazole rings is 1. The van der Waals surface area contributed by atoms with Crippen LogP contribution in [0, 0.1) is 0 Å². The number of nitrogens with zero attached hydrogens (tertiary/aromatic N) is 3. The van der Waals surface area contributed by atoms with Crippen LogP contribution in [0.5, 0.6) is 0 Å². The summed E-state index contributed by atoms with van der Waals surface area (Å²) in [6.45, 7) is 0. The third-order valence-corrected chi connectivity index (χ3v) is 6.64. The van der Waals surface area contributed by atoms with E-state index in [1.165, 1.54) is 17.5 Å². The van der Waals surface area contributed by atoms with Gasteiger partial charge >= 0.3 is 0 Å². The van der Waals surface area contributed by atoms with E-state index < -0.39 is 0 Å². The molecule has 36 heavy (non-hydrogen) atoms. The van der Waals surface area contributed by atoms with Crippen LogP contribution in [0.15, 0.2) is 132 Å². The van der Waals surface area contributed by atoms with E-state index in [1.54, 1.807) is 0 Å². The van der Waals surface area contributed by atoms with Crippen molar-refractivity contribution in [2.45, 2.75) is 0 Å². The number of aromatic nitrogens is 3. The molecule has 0 N–H and O–H groups in total. The van der Waals surface area contributed by atoms with Gasteiger partial charge in [0.25, 0.3) is 0 Å². The van der Waals surface area contributed by atoms with E-state index in [4.69, 9.17) is 9.40 Å². The van der Waals surface area contributed by atoms with E-state index in [0.717, 1.165) is 50.2 Å². The molecule has 0 saturated carbocycles. The molecule has 3 heterocycles. The second kappa shape index (κ2) is 8.36. The van der Waals surface area contributed by atoms with Gasteiger partial charge in [-0.25, -0.2) is 0 Å². The molecule has 7 aromatic rings. The predicted molar refractivity (Wildman–Crippen MR) is 145 cm³/mol. The summed E-state index contributed by atoms with van der Waals surface area (Å²) >= 11 is 0. The van der Waals surface area contributed by atoms with Crippen LogP contribution in [0.25, 0.3) is 61.3 Å². The van der Waals surface area contributed by atoms with E-state index >= 15 is 0 Å². The molecule has 0 aliphatic heterocycles. The second-order valence-corrected chi connectivity index (χ2v) is 8.78. The van der Waals surface area contributed by atoms with Crippen molar-refractivity contribution >= 4 is 22.1 Å². The summed E-state index contributed by atoms with van der Waals surface area (Å²) in [4.78, 5) is 9.19. The molecule has 0 atom stereocenters. The highest BCUT2D eigenvalue weighted by Gasteiger charge is 2.16. The minimum Gasteiger partial charge on any atom is -0.441 e. The first-order chi connectivity index (χ1) is 17.8. The van der Waals surface area contributed by atoms with Crippen molar-refractivity contribution in [1.29, 1.82) is 0 Å². The standard InChI is InChI=1S/C32H21N3O/c1-2-7-22(8-3-1)23-13-15-24(16-14-23)25-17-18-33-29(20-25)26-9-6-10-27(19-26)35-30-12-5-4-11-28(30)31-32(35)34-21-36-31/h1-21H. The fourth-order valence-electron chi connectivity index (χ4n) is 4.88. The maximum atomic E-state index is 5.71. The average molecular weight is 464 g/mol. The van der Waals surface area contributed by atoms with Gasteiger partial charge in [0.1, 0.15) is 0 Å². The number of para-hydroxylation sites is 1. The highest BCUT2D eigenvalue weighted by atomic mass is 16.3. The molecule has 0 aliphatic carbocycles. The molecule has 0 saturated heterocycles. The highest BCUT2D eigenvalue weighted by molar-refractivity contribution is 6.04. The SMILES string of the molecule is c1ccc(-c2ccc(-c3ccnc(-c4cccc(-n5c6ccccc6c6ocnc65)c4)c3)cc2)cc1. The van der Waals surface area contributed by atoms with Crippen molar-refractivity contribution in [2.24, 2.45) is 0 Å². The largest absolute Gasteiger partial charge is 0.441 e. The Morgan fingerprint density at radius 2 is 1.28 bits per heavy atom. The maximum Gasteiger partial charge on any atom is 0.185 e. The van der Waals surface area contributed by atoms with Crippen molar-refractivity contribution < 1.29 is 4.42 Å². The first-order valence-corrected chi connectivity index (χ1v) is 11.9. The molecule has 0 fully saturated rings. The number of benzene rings is 4.